The van der Waals surface area contributed by atoms with Crippen LogP contribution in [0.2, 0.25) is 5.02 Å². The molecule has 0 N–H and O–H groups in total. The standard InChI is InChI=1S/C27H16Br2ClNO3/c28-22-11-17(12-23(29)25(22)33-15-16-5-9-21(30)10-6-16)13-24-27(32)34-26(31-24)20-8-7-18-3-1-2-4-19(18)14-20/h1-14H,15H2/b24-13-. The highest BCUT2D eigenvalue weighted by molar-refractivity contribution is 9.11. The Balaban J connectivity index is 1.38. The van der Waals surface area contributed by atoms with Crippen molar-refractivity contribution in [1.82, 2.24) is 0 Å². The van der Waals surface area contributed by atoms with Gasteiger partial charge in [-0.25, -0.2) is 9.79 Å². The van der Waals surface area contributed by atoms with Gasteiger partial charge in [0.1, 0.15) is 12.4 Å². The van der Waals surface area contributed by atoms with E-state index in [1.807, 2.05) is 78.9 Å². The Morgan fingerprint density at radius 3 is 2.35 bits per heavy atom. The molecule has 4 aromatic rings. The highest BCUT2D eigenvalue weighted by atomic mass is 79.9. The number of aliphatic imine (C=N–C) groups is 1. The van der Waals surface area contributed by atoms with Crippen molar-refractivity contribution >= 4 is 72.2 Å². The number of carbonyl (C=O) groups is 1. The van der Waals surface area contributed by atoms with Gasteiger partial charge in [-0.3, -0.25) is 0 Å². The molecule has 4 aromatic carbocycles. The van der Waals surface area contributed by atoms with Crippen LogP contribution in [0.25, 0.3) is 16.8 Å². The van der Waals surface area contributed by atoms with E-state index >= 15 is 0 Å². The summed E-state index contributed by atoms with van der Waals surface area (Å²) >= 11 is 13.1. The minimum absolute atomic E-state index is 0.233. The quantitative estimate of drug-likeness (QED) is 0.173. The summed E-state index contributed by atoms with van der Waals surface area (Å²) in [6.45, 7) is 0.389. The van der Waals surface area contributed by atoms with E-state index in [0.29, 0.717) is 23.3 Å². The van der Waals surface area contributed by atoms with Crippen LogP contribution in [0.1, 0.15) is 16.7 Å². The molecule has 0 aromatic heterocycles. The minimum Gasteiger partial charge on any atom is -0.487 e. The Hall–Kier alpha value is -2.93. The number of carbonyl (C=O) groups excluding carboxylic acids is 1. The van der Waals surface area contributed by atoms with Gasteiger partial charge < -0.3 is 9.47 Å². The predicted octanol–water partition coefficient (Wildman–Crippen LogP) is 7.94. The lowest BCUT2D eigenvalue weighted by Gasteiger charge is -2.11. The normalized spacial score (nSPS) is 14.4. The molecule has 1 aliphatic rings. The van der Waals surface area contributed by atoms with Crippen molar-refractivity contribution in [2.24, 2.45) is 4.99 Å². The zero-order valence-electron chi connectivity index (χ0n) is 17.6. The third-order valence-corrected chi connectivity index (χ3v) is 6.67. The van der Waals surface area contributed by atoms with Gasteiger partial charge in [0.2, 0.25) is 5.90 Å². The van der Waals surface area contributed by atoms with Crippen molar-refractivity contribution in [3.05, 3.63) is 115 Å². The van der Waals surface area contributed by atoms with E-state index in [0.717, 1.165) is 36.4 Å². The molecule has 1 heterocycles. The molecule has 1 aliphatic heterocycles. The molecule has 34 heavy (non-hydrogen) atoms. The zero-order valence-corrected chi connectivity index (χ0v) is 21.5. The summed E-state index contributed by atoms with van der Waals surface area (Å²) in [5, 5.41) is 2.85. The summed E-state index contributed by atoms with van der Waals surface area (Å²) in [5.41, 5.74) is 2.76. The third kappa shape index (κ3) is 4.94. The van der Waals surface area contributed by atoms with Gasteiger partial charge in [-0.2, -0.15) is 0 Å². The fourth-order valence-electron chi connectivity index (χ4n) is 3.55. The number of rotatable bonds is 5. The van der Waals surface area contributed by atoms with E-state index in [-0.39, 0.29) is 5.70 Å². The number of ether oxygens (including phenoxy) is 2. The maximum Gasteiger partial charge on any atom is 0.363 e. The summed E-state index contributed by atoms with van der Waals surface area (Å²) in [7, 11) is 0. The van der Waals surface area contributed by atoms with Gasteiger partial charge in [0.05, 0.1) is 8.95 Å². The van der Waals surface area contributed by atoms with Crippen molar-refractivity contribution in [3.63, 3.8) is 0 Å². The van der Waals surface area contributed by atoms with E-state index in [4.69, 9.17) is 21.1 Å². The highest BCUT2D eigenvalue weighted by Gasteiger charge is 2.24. The molecule has 5 rings (SSSR count). The number of fused-ring (bicyclic) bond motifs is 1. The number of nitrogens with zero attached hydrogens (tertiary/aromatic N) is 1. The summed E-state index contributed by atoms with van der Waals surface area (Å²) in [6.07, 6.45) is 1.69. The zero-order chi connectivity index (χ0) is 23.7. The number of esters is 1. The first kappa shape index (κ1) is 22.8. The van der Waals surface area contributed by atoms with Gasteiger partial charge in [-0.05, 0) is 96.2 Å². The van der Waals surface area contributed by atoms with Crippen molar-refractivity contribution in [1.29, 1.82) is 0 Å². The number of benzene rings is 4. The van der Waals surface area contributed by atoms with Crippen molar-refractivity contribution in [2.45, 2.75) is 6.61 Å². The minimum atomic E-state index is -0.488. The fourth-order valence-corrected chi connectivity index (χ4v) is 5.13. The topological polar surface area (TPSA) is 47.9 Å². The van der Waals surface area contributed by atoms with Crippen LogP contribution in [-0.2, 0) is 16.1 Å². The second-order valence-corrected chi connectivity index (χ2v) is 9.77. The van der Waals surface area contributed by atoms with Crippen LogP contribution >= 0.6 is 43.5 Å². The molecular formula is C27H16Br2ClNO3. The summed E-state index contributed by atoms with van der Waals surface area (Å²) in [6, 6.07) is 25.1. The van der Waals surface area contributed by atoms with Gasteiger partial charge in [-0.1, -0.05) is 54.1 Å². The van der Waals surface area contributed by atoms with E-state index in [1.54, 1.807) is 6.08 Å². The maximum absolute atomic E-state index is 12.5. The van der Waals surface area contributed by atoms with E-state index in [2.05, 4.69) is 36.9 Å². The van der Waals surface area contributed by atoms with Gasteiger partial charge in [0.25, 0.3) is 0 Å². The number of hydrogen-bond acceptors (Lipinski definition) is 4. The van der Waals surface area contributed by atoms with Crippen molar-refractivity contribution in [3.8, 4) is 5.75 Å². The van der Waals surface area contributed by atoms with E-state index < -0.39 is 5.97 Å². The van der Waals surface area contributed by atoms with Crippen molar-refractivity contribution < 1.29 is 14.3 Å². The highest BCUT2D eigenvalue weighted by Crippen LogP contribution is 2.36. The van der Waals surface area contributed by atoms with Gasteiger partial charge in [-0.15, -0.1) is 0 Å². The molecule has 0 atom stereocenters. The van der Waals surface area contributed by atoms with Gasteiger partial charge in [0, 0.05) is 10.6 Å². The molecule has 0 saturated carbocycles. The second kappa shape index (κ2) is 9.74. The second-order valence-electron chi connectivity index (χ2n) is 7.63. The molecular weight excluding hydrogens is 582 g/mol. The predicted molar refractivity (Wildman–Crippen MR) is 142 cm³/mol. The van der Waals surface area contributed by atoms with Crippen LogP contribution < -0.4 is 4.74 Å². The molecule has 0 amide bonds. The van der Waals surface area contributed by atoms with E-state index in [9.17, 15) is 4.79 Å². The smallest absolute Gasteiger partial charge is 0.363 e. The van der Waals surface area contributed by atoms with Gasteiger partial charge >= 0.3 is 5.97 Å². The largest absolute Gasteiger partial charge is 0.487 e. The first-order valence-electron chi connectivity index (χ1n) is 10.3. The monoisotopic (exact) mass is 595 g/mol. The number of halogens is 3. The SMILES string of the molecule is O=C1OC(c2ccc3ccccc3c2)=N/C1=C\c1cc(Br)c(OCc2ccc(Cl)cc2)c(Br)c1. The fraction of sp³-hybridized carbons (Fsp3) is 0.0370. The number of cyclic esters (lactones) is 1. The van der Waals surface area contributed by atoms with Crippen LogP contribution in [0.4, 0.5) is 0 Å². The average molecular weight is 598 g/mol. The molecule has 0 spiro atoms. The molecule has 4 nitrogen and oxygen atoms in total. The van der Waals surface area contributed by atoms with E-state index in [1.165, 1.54) is 0 Å². The van der Waals surface area contributed by atoms with Crippen LogP contribution in [0.15, 0.2) is 98.5 Å². The Labute approximate surface area is 218 Å². The molecule has 0 bridgehead atoms. The maximum atomic E-state index is 12.5. The molecule has 0 unspecified atom stereocenters. The molecule has 0 aliphatic carbocycles. The summed E-state index contributed by atoms with van der Waals surface area (Å²) in [5.74, 6) is 0.466. The van der Waals surface area contributed by atoms with Crippen LogP contribution in [0, 0.1) is 0 Å². The average Bonchev–Trinajstić information content (AvgIpc) is 3.19. The molecule has 168 valence electrons. The van der Waals surface area contributed by atoms with Gasteiger partial charge in [0.15, 0.2) is 5.70 Å². The molecule has 7 heteroatoms. The van der Waals surface area contributed by atoms with Crippen LogP contribution in [0.3, 0.4) is 0 Å². The lowest BCUT2D eigenvalue weighted by Crippen LogP contribution is -2.05. The van der Waals surface area contributed by atoms with Crippen molar-refractivity contribution in [2.75, 3.05) is 0 Å². The summed E-state index contributed by atoms with van der Waals surface area (Å²) in [4.78, 5) is 16.9. The molecule has 0 saturated heterocycles. The third-order valence-electron chi connectivity index (χ3n) is 5.24. The lowest BCUT2D eigenvalue weighted by molar-refractivity contribution is -0.129. The first-order chi connectivity index (χ1) is 16.5. The van der Waals surface area contributed by atoms with Crippen LogP contribution in [0.5, 0.6) is 5.75 Å². The van der Waals surface area contributed by atoms with Crippen LogP contribution in [-0.4, -0.2) is 11.9 Å². The molecule has 0 fully saturated rings. The summed E-state index contributed by atoms with van der Waals surface area (Å²) < 4.78 is 12.9. The Kier molecular flexibility index (Phi) is 6.55. The molecule has 0 radical (unpaired) electrons. The number of hydrogen-bond donors (Lipinski definition) is 0. The lowest BCUT2D eigenvalue weighted by atomic mass is 10.1. The Morgan fingerprint density at radius 1 is 0.912 bits per heavy atom. The first-order valence-corrected chi connectivity index (χ1v) is 12.3. The Morgan fingerprint density at radius 2 is 1.62 bits per heavy atom. The Bertz CT molecular complexity index is 1460.